The minimum Gasteiger partial charge on any atom is -0.382 e. The van der Waals surface area contributed by atoms with Crippen LogP contribution in [0, 0.1) is 6.92 Å². The molecule has 2 heterocycles. The Labute approximate surface area is 163 Å². The zero-order valence-corrected chi connectivity index (χ0v) is 16.0. The highest BCUT2D eigenvalue weighted by Crippen LogP contribution is 2.19. The van der Waals surface area contributed by atoms with E-state index in [1.165, 1.54) is 11.1 Å². The van der Waals surface area contributed by atoms with Crippen LogP contribution < -0.4 is 5.56 Å². The molecule has 144 valence electrons. The van der Waals surface area contributed by atoms with Gasteiger partial charge in [-0.2, -0.15) is 0 Å². The van der Waals surface area contributed by atoms with Crippen LogP contribution >= 0.6 is 0 Å². The van der Waals surface area contributed by atoms with Crippen molar-refractivity contribution in [1.29, 1.82) is 0 Å². The molecule has 0 fully saturated rings. The molecule has 1 aromatic carbocycles. The van der Waals surface area contributed by atoms with E-state index in [-0.39, 0.29) is 12.2 Å². The number of methoxy groups -OCH3 is 1. The van der Waals surface area contributed by atoms with E-state index < -0.39 is 17.5 Å². The minimum absolute atomic E-state index is 0.0320. The predicted molar refractivity (Wildman–Crippen MR) is 106 cm³/mol. The number of aromatic nitrogens is 3. The number of amides is 1. The van der Waals surface area contributed by atoms with Crippen LogP contribution in [0.5, 0.6) is 0 Å². The lowest BCUT2D eigenvalue weighted by Crippen LogP contribution is -2.37. The molecule has 7 heteroatoms. The van der Waals surface area contributed by atoms with Crippen LogP contribution in [0.1, 0.15) is 27.7 Å². The second-order valence-corrected chi connectivity index (χ2v) is 6.48. The standard InChI is InChI=1S/C21H22N4O3/c1-14-7-9-15(10-8-14)19-23-12-16(20(26)24-19)21(27)25(2)18(13-28-3)17-6-4-5-11-22-17/h4-12,18H,13H2,1-3H3,(H,23,24,26). The Morgan fingerprint density at radius 3 is 2.54 bits per heavy atom. The third-order valence-corrected chi connectivity index (χ3v) is 4.50. The quantitative estimate of drug-likeness (QED) is 0.712. The van der Waals surface area contributed by atoms with Crippen LogP contribution in [-0.4, -0.2) is 46.5 Å². The molecule has 0 saturated heterocycles. The molecular weight excluding hydrogens is 356 g/mol. The maximum atomic E-state index is 12.9. The molecule has 1 atom stereocenters. The second-order valence-electron chi connectivity index (χ2n) is 6.48. The SMILES string of the molecule is COCC(c1ccccn1)N(C)C(=O)c1cnc(-c2ccc(C)cc2)[nH]c1=O. The Hall–Kier alpha value is -3.32. The number of benzene rings is 1. The Morgan fingerprint density at radius 2 is 1.93 bits per heavy atom. The van der Waals surface area contributed by atoms with E-state index in [4.69, 9.17) is 4.74 Å². The number of nitrogens with zero attached hydrogens (tertiary/aromatic N) is 3. The molecule has 0 radical (unpaired) electrons. The van der Waals surface area contributed by atoms with Gasteiger partial charge in [0.25, 0.3) is 11.5 Å². The lowest BCUT2D eigenvalue weighted by Gasteiger charge is -2.27. The molecule has 3 aromatic rings. The molecule has 3 rings (SSSR count). The Kier molecular flexibility index (Phi) is 5.96. The fraction of sp³-hybridized carbons (Fsp3) is 0.238. The van der Waals surface area contributed by atoms with Gasteiger partial charge >= 0.3 is 0 Å². The summed E-state index contributed by atoms with van der Waals surface area (Å²) >= 11 is 0. The van der Waals surface area contributed by atoms with Crippen LogP contribution in [0.2, 0.25) is 0 Å². The molecule has 1 unspecified atom stereocenters. The van der Waals surface area contributed by atoms with Gasteiger partial charge in [-0.1, -0.05) is 35.9 Å². The lowest BCUT2D eigenvalue weighted by molar-refractivity contribution is 0.0593. The van der Waals surface area contributed by atoms with E-state index in [1.54, 1.807) is 26.4 Å². The molecule has 2 aromatic heterocycles. The van der Waals surface area contributed by atoms with Crippen LogP contribution in [0.25, 0.3) is 11.4 Å². The number of likely N-dealkylation sites (N-methyl/N-ethyl adjacent to an activating group) is 1. The molecule has 0 aliphatic rings. The summed E-state index contributed by atoms with van der Waals surface area (Å²) in [5.41, 5.74) is 2.05. The summed E-state index contributed by atoms with van der Waals surface area (Å²) in [7, 11) is 3.17. The highest BCUT2D eigenvalue weighted by atomic mass is 16.5. The van der Waals surface area contributed by atoms with Gasteiger partial charge in [0.1, 0.15) is 11.4 Å². The first kappa shape index (κ1) is 19.4. The van der Waals surface area contributed by atoms with Crippen LogP contribution in [0.3, 0.4) is 0 Å². The number of rotatable bonds is 6. The monoisotopic (exact) mass is 378 g/mol. The number of aromatic amines is 1. The summed E-state index contributed by atoms with van der Waals surface area (Å²) in [6, 6.07) is 12.6. The number of aryl methyl sites for hydroxylation is 1. The first-order valence-electron chi connectivity index (χ1n) is 8.84. The third-order valence-electron chi connectivity index (χ3n) is 4.50. The number of carbonyl (C=O) groups is 1. The number of ether oxygens (including phenoxy) is 1. The summed E-state index contributed by atoms with van der Waals surface area (Å²) in [4.78, 5) is 38.2. The largest absolute Gasteiger partial charge is 0.382 e. The highest BCUT2D eigenvalue weighted by molar-refractivity contribution is 5.93. The molecule has 1 N–H and O–H groups in total. The molecule has 28 heavy (non-hydrogen) atoms. The fourth-order valence-electron chi connectivity index (χ4n) is 2.86. The maximum absolute atomic E-state index is 12.9. The molecule has 1 amide bonds. The average molecular weight is 378 g/mol. The van der Waals surface area contributed by atoms with Crippen molar-refractivity contribution in [2.45, 2.75) is 13.0 Å². The van der Waals surface area contributed by atoms with Crippen molar-refractivity contribution in [3.8, 4) is 11.4 Å². The van der Waals surface area contributed by atoms with Crippen molar-refractivity contribution in [1.82, 2.24) is 19.9 Å². The zero-order valence-electron chi connectivity index (χ0n) is 16.0. The molecular formula is C21H22N4O3. The van der Waals surface area contributed by atoms with Gasteiger partial charge in [0.15, 0.2) is 0 Å². The van der Waals surface area contributed by atoms with Gasteiger partial charge in [-0.25, -0.2) is 4.98 Å². The highest BCUT2D eigenvalue weighted by Gasteiger charge is 2.26. The fourth-order valence-corrected chi connectivity index (χ4v) is 2.86. The Bertz CT molecular complexity index is 1000. The molecule has 0 aliphatic carbocycles. The molecule has 0 aliphatic heterocycles. The number of carbonyl (C=O) groups excluding carboxylic acids is 1. The van der Waals surface area contributed by atoms with Gasteiger partial charge in [-0.3, -0.25) is 14.6 Å². The number of hydrogen-bond donors (Lipinski definition) is 1. The van der Waals surface area contributed by atoms with Crippen molar-refractivity contribution < 1.29 is 9.53 Å². The van der Waals surface area contributed by atoms with Crippen molar-refractivity contribution in [2.24, 2.45) is 0 Å². The summed E-state index contributed by atoms with van der Waals surface area (Å²) in [5.74, 6) is -0.0284. The second kappa shape index (κ2) is 8.58. The molecule has 0 saturated carbocycles. The topological polar surface area (TPSA) is 88.2 Å². The Balaban J connectivity index is 1.88. The van der Waals surface area contributed by atoms with E-state index in [0.29, 0.717) is 11.5 Å². The average Bonchev–Trinajstić information content (AvgIpc) is 2.72. The number of nitrogens with one attached hydrogen (secondary N) is 1. The van der Waals surface area contributed by atoms with E-state index in [0.717, 1.165) is 11.1 Å². The van der Waals surface area contributed by atoms with Gasteiger partial charge < -0.3 is 14.6 Å². The number of hydrogen-bond acceptors (Lipinski definition) is 5. The van der Waals surface area contributed by atoms with Crippen molar-refractivity contribution >= 4 is 5.91 Å². The predicted octanol–water partition coefficient (Wildman–Crippen LogP) is 2.60. The maximum Gasteiger partial charge on any atom is 0.264 e. The number of pyridine rings is 1. The normalized spacial score (nSPS) is 11.8. The van der Waals surface area contributed by atoms with Crippen LogP contribution in [0.4, 0.5) is 0 Å². The summed E-state index contributed by atoms with van der Waals surface area (Å²) in [6.07, 6.45) is 2.97. The molecule has 0 spiro atoms. The van der Waals surface area contributed by atoms with Crippen LogP contribution in [0.15, 0.2) is 59.7 Å². The lowest BCUT2D eigenvalue weighted by atomic mass is 10.1. The summed E-state index contributed by atoms with van der Waals surface area (Å²) < 4.78 is 5.25. The van der Waals surface area contributed by atoms with E-state index in [2.05, 4.69) is 15.0 Å². The van der Waals surface area contributed by atoms with Crippen molar-refractivity contribution in [3.63, 3.8) is 0 Å². The van der Waals surface area contributed by atoms with Gasteiger partial charge in [-0.05, 0) is 19.1 Å². The molecule has 7 nitrogen and oxygen atoms in total. The number of H-pyrrole nitrogens is 1. The minimum atomic E-state index is -0.486. The van der Waals surface area contributed by atoms with Crippen molar-refractivity contribution in [2.75, 3.05) is 20.8 Å². The summed E-state index contributed by atoms with van der Waals surface area (Å²) in [6.45, 7) is 2.24. The van der Waals surface area contributed by atoms with E-state index >= 15 is 0 Å². The van der Waals surface area contributed by atoms with Crippen LogP contribution in [-0.2, 0) is 4.74 Å². The van der Waals surface area contributed by atoms with Gasteiger partial charge in [0.2, 0.25) is 0 Å². The smallest absolute Gasteiger partial charge is 0.264 e. The zero-order chi connectivity index (χ0) is 20.1. The van der Waals surface area contributed by atoms with Gasteiger partial charge in [-0.15, -0.1) is 0 Å². The van der Waals surface area contributed by atoms with Gasteiger partial charge in [0, 0.05) is 32.1 Å². The first-order chi connectivity index (χ1) is 13.5. The van der Waals surface area contributed by atoms with E-state index in [1.807, 2.05) is 43.3 Å². The summed E-state index contributed by atoms with van der Waals surface area (Å²) in [5, 5.41) is 0. The van der Waals surface area contributed by atoms with E-state index in [9.17, 15) is 9.59 Å². The third kappa shape index (κ3) is 4.15. The molecule has 0 bridgehead atoms. The Morgan fingerprint density at radius 1 is 1.18 bits per heavy atom. The first-order valence-corrected chi connectivity index (χ1v) is 8.84. The van der Waals surface area contributed by atoms with Crippen molar-refractivity contribution in [3.05, 3.63) is 82.0 Å². The van der Waals surface area contributed by atoms with Gasteiger partial charge in [0.05, 0.1) is 18.3 Å².